The maximum atomic E-state index is 13.1. The summed E-state index contributed by atoms with van der Waals surface area (Å²) in [5.74, 6) is 1.28. The molecular weight excluding hydrogens is 408 g/mol. The molecule has 0 aliphatic rings. The summed E-state index contributed by atoms with van der Waals surface area (Å²) in [6, 6.07) is 13.3. The van der Waals surface area contributed by atoms with Crippen LogP contribution in [-0.2, 0) is 6.54 Å². The van der Waals surface area contributed by atoms with Crippen LogP contribution in [0.1, 0.15) is 41.8 Å². The van der Waals surface area contributed by atoms with Crippen molar-refractivity contribution >= 4 is 34.2 Å². The van der Waals surface area contributed by atoms with Crippen LogP contribution >= 0.6 is 11.8 Å². The zero-order valence-corrected chi connectivity index (χ0v) is 19.1. The molecule has 0 radical (unpaired) electrons. The van der Waals surface area contributed by atoms with Crippen LogP contribution in [0.5, 0.6) is 0 Å². The number of rotatable bonds is 7. The van der Waals surface area contributed by atoms with Crippen LogP contribution in [0.2, 0.25) is 0 Å². The van der Waals surface area contributed by atoms with Gasteiger partial charge >= 0.3 is 0 Å². The summed E-state index contributed by atoms with van der Waals surface area (Å²) in [7, 11) is 0. The second-order valence-electron chi connectivity index (χ2n) is 8.29. The molecule has 0 amide bonds. The van der Waals surface area contributed by atoms with Crippen molar-refractivity contribution in [1.29, 1.82) is 0 Å². The summed E-state index contributed by atoms with van der Waals surface area (Å²) < 4.78 is 3.60. The van der Waals surface area contributed by atoms with Gasteiger partial charge in [0.05, 0.1) is 16.7 Å². The number of thioether (sulfide) groups is 1. The Balaban J connectivity index is 1.72. The summed E-state index contributed by atoms with van der Waals surface area (Å²) in [5.41, 5.74) is 3.67. The van der Waals surface area contributed by atoms with E-state index in [1.807, 2.05) is 60.7 Å². The molecule has 0 bridgehead atoms. The van der Waals surface area contributed by atoms with Crippen LogP contribution in [0.15, 0.2) is 52.4 Å². The molecule has 2 aromatic carbocycles. The van der Waals surface area contributed by atoms with Gasteiger partial charge in [0, 0.05) is 12.1 Å². The van der Waals surface area contributed by atoms with E-state index in [9.17, 15) is 9.59 Å². The van der Waals surface area contributed by atoms with Gasteiger partial charge in [0.2, 0.25) is 5.78 Å². The number of carbonyl (C=O) groups is 1. The van der Waals surface area contributed by atoms with Gasteiger partial charge in [-0.2, -0.15) is 0 Å². The van der Waals surface area contributed by atoms with Crippen molar-refractivity contribution in [1.82, 2.24) is 19.2 Å². The first-order valence-electron chi connectivity index (χ1n) is 10.5. The van der Waals surface area contributed by atoms with Gasteiger partial charge < -0.3 is 0 Å². The number of para-hydroxylation sites is 1. The lowest BCUT2D eigenvalue weighted by Crippen LogP contribution is -2.24. The van der Waals surface area contributed by atoms with Gasteiger partial charge in [0.15, 0.2) is 10.9 Å². The second-order valence-corrected chi connectivity index (χ2v) is 9.23. The summed E-state index contributed by atoms with van der Waals surface area (Å²) in [4.78, 5) is 25.9. The molecule has 0 N–H and O–H groups in total. The first-order valence-corrected chi connectivity index (χ1v) is 11.5. The van der Waals surface area contributed by atoms with E-state index in [-0.39, 0.29) is 17.1 Å². The van der Waals surface area contributed by atoms with E-state index < -0.39 is 0 Å². The third-order valence-corrected chi connectivity index (χ3v) is 6.50. The Bertz CT molecular complexity index is 1340. The van der Waals surface area contributed by atoms with E-state index in [4.69, 9.17) is 0 Å². The summed E-state index contributed by atoms with van der Waals surface area (Å²) >= 11 is 1.35. The molecule has 0 fully saturated rings. The minimum Gasteiger partial charge on any atom is -0.293 e. The fourth-order valence-electron chi connectivity index (χ4n) is 3.54. The minimum atomic E-state index is -0.0566. The molecule has 0 unspecified atom stereocenters. The number of aromatic nitrogens is 4. The molecular formula is C24H26N4O2S. The number of carbonyl (C=O) groups excluding carboxylic acids is 1. The third-order valence-electron chi connectivity index (χ3n) is 5.57. The molecule has 160 valence electrons. The van der Waals surface area contributed by atoms with Crippen molar-refractivity contribution in [3.05, 3.63) is 69.5 Å². The van der Waals surface area contributed by atoms with Gasteiger partial charge in [-0.15, -0.1) is 10.2 Å². The predicted octanol–water partition coefficient (Wildman–Crippen LogP) is 4.68. The standard InChI is InChI=1S/C24H26N4O2S/c1-15(2)11-12-27-22(30)19-7-5-6-8-20(19)28-23(27)25-26-24(28)31-14-21(29)18-10-9-16(3)17(4)13-18/h5-10,13,15H,11-12,14H2,1-4H3. The van der Waals surface area contributed by atoms with Crippen molar-refractivity contribution in [2.24, 2.45) is 5.92 Å². The lowest BCUT2D eigenvalue weighted by atomic mass is 10.0. The molecule has 0 aliphatic heterocycles. The number of nitrogens with zero attached hydrogens (tertiary/aromatic N) is 4. The van der Waals surface area contributed by atoms with Gasteiger partial charge in [-0.3, -0.25) is 18.6 Å². The monoisotopic (exact) mass is 434 g/mol. The number of fused-ring (bicyclic) bond motifs is 3. The average molecular weight is 435 g/mol. The first kappa shape index (κ1) is 21.3. The van der Waals surface area contributed by atoms with Gasteiger partial charge in [0.1, 0.15) is 0 Å². The van der Waals surface area contributed by atoms with E-state index in [0.29, 0.717) is 34.3 Å². The molecule has 6 nitrogen and oxygen atoms in total. The van der Waals surface area contributed by atoms with Gasteiger partial charge in [-0.1, -0.05) is 49.9 Å². The Hall–Kier alpha value is -2.93. The molecule has 2 heterocycles. The molecule has 0 spiro atoms. The van der Waals surface area contributed by atoms with Crippen molar-refractivity contribution in [2.45, 2.75) is 45.8 Å². The Kier molecular flexibility index (Phi) is 5.96. The number of hydrogen-bond acceptors (Lipinski definition) is 5. The Morgan fingerprint density at radius 3 is 2.58 bits per heavy atom. The molecule has 0 aliphatic carbocycles. The zero-order valence-electron chi connectivity index (χ0n) is 18.3. The van der Waals surface area contributed by atoms with Crippen LogP contribution in [0.3, 0.4) is 0 Å². The molecule has 2 aromatic heterocycles. The fourth-order valence-corrected chi connectivity index (χ4v) is 4.38. The lowest BCUT2D eigenvalue weighted by molar-refractivity contribution is 0.102. The number of ketones is 1. The van der Waals surface area contributed by atoms with Crippen molar-refractivity contribution in [3.63, 3.8) is 0 Å². The Labute approximate surface area is 185 Å². The van der Waals surface area contributed by atoms with E-state index in [1.54, 1.807) is 4.57 Å². The van der Waals surface area contributed by atoms with Gasteiger partial charge in [-0.25, -0.2) is 0 Å². The number of hydrogen-bond donors (Lipinski definition) is 0. The largest absolute Gasteiger partial charge is 0.293 e. The highest BCUT2D eigenvalue weighted by Gasteiger charge is 2.18. The smallest absolute Gasteiger partial charge is 0.262 e. The van der Waals surface area contributed by atoms with Crippen LogP contribution < -0.4 is 5.56 Å². The van der Waals surface area contributed by atoms with Crippen LogP contribution in [0.25, 0.3) is 16.7 Å². The van der Waals surface area contributed by atoms with Crippen molar-refractivity contribution < 1.29 is 4.79 Å². The highest BCUT2D eigenvalue weighted by Crippen LogP contribution is 2.23. The van der Waals surface area contributed by atoms with Gasteiger partial charge in [0.25, 0.3) is 5.56 Å². The topological polar surface area (TPSA) is 69.3 Å². The summed E-state index contributed by atoms with van der Waals surface area (Å²) in [6.45, 7) is 8.88. The van der Waals surface area contributed by atoms with Gasteiger partial charge in [-0.05, 0) is 55.5 Å². The Morgan fingerprint density at radius 1 is 1.06 bits per heavy atom. The maximum Gasteiger partial charge on any atom is 0.262 e. The SMILES string of the molecule is Cc1ccc(C(=O)CSc2nnc3n(CCC(C)C)c(=O)c4ccccc4n23)cc1C. The van der Waals surface area contributed by atoms with E-state index in [1.165, 1.54) is 17.3 Å². The third kappa shape index (κ3) is 4.14. The fraction of sp³-hybridized carbons (Fsp3) is 0.333. The molecule has 0 atom stereocenters. The molecule has 7 heteroatoms. The number of benzene rings is 2. The second kappa shape index (κ2) is 8.67. The van der Waals surface area contributed by atoms with Crippen LogP contribution in [0.4, 0.5) is 0 Å². The van der Waals surface area contributed by atoms with E-state index in [0.717, 1.165) is 17.5 Å². The van der Waals surface area contributed by atoms with Crippen molar-refractivity contribution in [3.8, 4) is 0 Å². The maximum absolute atomic E-state index is 13.1. The number of Topliss-reactive ketones (excluding diaryl/α,β-unsaturated/α-hetero) is 1. The number of aryl methyl sites for hydroxylation is 3. The molecule has 0 saturated carbocycles. The first-order chi connectivity index (χ1) is 14.9. The minimum absolute atomic E-state index is 0.0438. The van der Waals surface area contributed by atoms with Crippen LogP contribution in [-0.4, -0.2) is 30.7 Å². The average Bonchev–Trinajstić information content (AvgIpc) is 3.17. The van der Waals surface area contributed by atoms with Crippen LogP contribution in [0, 0.1) is 19.8 Å². The highest BCUT2D eigenvalue weighted by molar-refractivity contribution is 7.99. The molecule has 31 heavy (non-hydrogen) atoms. The highest BCUT2D eigenvalue weighted by atomic mass is 32.2. The Morgan fingerprint density at radius 2 is 1.84 bits per heavy atom. The summed E-state index contributed by atoms with van der Waals surface area (Å²) in [6.07, 6.45) is 0.870. The summed E-state index contributed by atoms with van der Waals surface area (Å²) in [5, 5.41) is 9.90. The molecule has 4 aromatic rings. The van der Waals surface area contributed by atoms with E-state index >= 15 is 0 Å². The quantitative estimate of drug-likeness (QED) is 0.312. The normalized spacial score (nSPS) is 11.6. The zero-order chi connectivity index (χ0) is 22.1. The molecule has 4 rings (SSSR count). The predicted molar refractivity (Wildman–Crippen MR) is 125 cm³/mol. The van der Waals surface area contributed by atoms with Crippen molar-refractivity contribution in [2.75, 3.05) is 5.75 Å². The lowest BCUT2D eigenvalue weighted by Gasteiger charge is -2.12. The van der Waals surface area contributed by atoms with E-state index in [2.05, 4.69) is 24.0 Å². The molecule has 0 saturated heterocycles.